The highest BCUT2D eigenvalue weighted by atomic mass is 35.5. The summed E-state index contributed by atoms with van der Waals surface area (Å²) in [5.41, 5.74) is -1.54. The fourth-order valence-corrected chi connectivity index (χ4v) is 4.82. The number of amides is 1. The van der Waals surface area contributed by atoms with Crippen molar-refractivity contribution in [1.29, 1.82) is 0 Å². The van der Waals surface area contributed by atoms with Crippen molar-refractivity contribution in [3.8, 4) is 11.1 Å². The molecule has 3 aromatic rings. The third-order valence-corrected chi connectivity index (χ3v) is 6.74. The van der Waals surface area contributed by atoms with Gasteiger partial charge in [-0.3, -0.25) is 4.79 Å². The molecule has 204 valence electrons. The van der Waals surface area contributed by atoms with Crippen LogP contribution < -0.4 is 5.32 Å². The molecule has 0 saturated heterocycles. The SMILES string of the molecule is CC(C)Nc1cc(-c2cc3n(c2)CC(CO)(CO)CN(Cc2cc(F)ccc2C(F)(F)F)C3=O)c(Cl)cn1. The number of aliphatic hydroxyl groups is 2. The van der Waals surface area contributed by atoms with Gasteiger partial charge in [-0.25, -0.2) is 9.37 Å². The van der Waals surface area contributed by atoms with Gasteiger partial charge >= 0.3 is 6.18 Å². The molecule has 0 radical (unpaired) electrons. The molecule has 1 aliphatic rings. The molecule has 2 aromatic heterocycles. The van der Waals surface area contributed by atoms with Crippen molar-refractivity contribution in [2.75, 3.05) is 25.1 Å². The second-order valence-electron chi connectivity index (χ2n) is 9.87. The quantitative estimate of drug-likeness (QED) is 0.365. The number of carbonyl (C=O) groups excluding carboxylic acids is 1. The predicted octanol–water partition coefficient (Wildman–Crippen LogP) is 4.81. The summed E-state index contributed by atoms with van der Waals surface area (Å²) in [5.74, 6) is -0.961. The molecule has 12 heteroatoms. The van der Waals surface area contributed by atoms with Crippen LogP contribution in [-0.4, -0.2) is 56.4 Å². The van der Waals surface area contributed by atoms with Crippen molar-refractivity contribution in [3.05, 3.63) is 70.4 Å². The Morgan fingerprint density at radius 3 is 2.50 bits per heavy atom. The Kier molecular flexibility index (Phi) is 7.74. The number of pyridine rings is 1. The summed E-state index contributed by atoms with van der Waals surface area (Å²) in [6.07, 6.45) is -1.66. The summed E-state index contributed by atoms with van der Waals surface area (Å²) < 4.78 is 56.4. The lowest BCUT2D eigenvalue weighted by atomic mass is 9.89. The van der Waals surface area contributed by atoms with E-state index in [-0.39, 0.29) is 24.8 Å². The first-order valence-electron chi connectivity index (χ1n) is 11.8. The van der Waals surface area contributed by atoms with Gasteiger partial charge in [0, 0.05) is 49.2 Å². The number of alkyl halides is 3. The predicted molar refractivity (Wildman–Crippen MR) is 134 cm³/mol. The number of fused-ring (bicyclic) bond motifs is 1. The first kappa shape index (κ1) is 27.9. The first-order valence-corrected chi connectivity index (χ1v) is 12.2. The molecule has 0 aliphatic carbocycles. The van der Waals surface area contributed by atoms with Crippen molar-refractivity contribution < 1.29 is 32.6 Å². The van der Waals surface area contributed by atoms with E-state index in [0.717, 1.165) is 11.0 Å². The van der Waals surface area contributed by atoms with Crippen LogP contribution in [-0.2, 0) is 19.3 Å². The van der Waals surface area contributed by atoms with E-state index in [1.54, 1.807) is 22.9 Å². The molecule has 4 rings (SSSR count). The highest BCUT2D eigenvalue weighted by molar-refractivity contribution is 6.33. The van der Waals surface area contributed by atoms with Crippen LogP contribution in [0.15, 0.2) is 42.7 Å². The zero-order chi connectivity index (χ0) is 27.8. The fraction of sp³-hybridized carbons (Fsp3) is 0.385. The van der Waals surface area contributed by atoms with Gasteiger partial charge in [0.25, 0.3) is 5.91 Å². The van der Waals surface area contributed by atoms with Gasteiger partial charge < -0.3 is 25.0 Å². The standard InChI is InChI=1S/C26H27ClF4N4O3/c1-15(2)33-23-7-19(21(27)8-32-23)16-6-22-24(38)35(12-25(13-36,14-37)11-34(22)9-16)10-17-5-18(28)3-4-20(17)26(29,30)31/h3-9,15,36-37H,10-14H2,1-2H3,(H,32,33). The van der Waals surface area contributed by atoms with E-state index in [4.69, 9.17) is 11.6 Å². The van der Waals surface area contributed by atoms with E-state index in [0.29, 0.717) is 34.1 Å². The molecule has 3 N–H and O–H groups in total. The summed E-state index contributed by atoms with van der Waals surface area (Å²) in [5, 5.41) is 23.9. The summed E-state index contributed by atoms with van der Waals surface area (Å²) in [7, 11) is 0. The van der Waals surface area contributed by atoms with Crippen molar-refractivity contribution in [1.82, 2.24) is 14.5 Å². The maximum atomic E-state index is 14.0. The molecular weight excluding hydrogens is 528 g/mol. The number of carbonyl (C=O) groups is 1. The maximum absolute atomic E-state index is 14.0. The number of benzene rings is 1. The molecule has 38 heavy (non-hydrogen) atoms. The van der Waals surface area contributed by atoms with Gasteiger partial charge in [0.2, 0.25) is 0 Å². The van der Waals surface area contributed by atoms with Crippen LogP contribution in [0.1, 0.15) is 35.5 Å². The average Bonchev–Trinajstić information content (AvgIpc) is 3.21. The number of anilines is 1. The van der Waals surface area contributed by atoms with Gasteiger partial charge in [-0.1, -0.05) is 11.6 Å². The lowest BCUT2D eigenvalue weighted by Gasteiger charge is -2.33. The first-order chi connectivity index (χ1) is 17.9. The average molecular weight is 555 g/mol. The molecule has 0 unspecified atom stereocenters. The third-order valence-electron chi connectivity index (χ3n) is 6.44. The Morgan fingerprint density at radius 1 is 1.16 bits per heavy atom. The van der Waals surface area contributed by atoms with Crippen molar-refractivity contribution in [2.45, 2.75) is 39.2 Å². The summed E-state index contributed by atoms with van der Waals surface area (Å²) in [4.78, 5) is 19.0. The second kappa shape index (κ2) is 10.5. The maximum Gasteiger partial charge on any atom is 0.416 e. The van der Waals surface area contributed by atoms with E-state index in [1.807, 2.05) is 13.8 Å². The van der Waals surface area contributed by atoms with E-state index in [1.165, 1.54) is 6.20 Å². The van der Waals surface area contributed by atoms with Crippen molar-refractivity contribution >= 4 is 23.3 Å². The van der Waals surface area contributed by atoms with Gasteiger partial charge in [-0.2, -0.15) is 13.2 Å². The summed E-state index contributed by atoms with van der Waals surface area (Å²) in [6, 6.07) is 5.44. The normalized spacial score (nSPS) is 15.5. The smallest absolute Gasteiger partial charge is 0.396 e. The van der Waals surface area contributed by atoms with Crippen LogP contribution in [0.5, 0.6) is 0 Å². The van der Waals surface area contributed by atoms with E-state index in [9.17, 15) is 32.6 Å². The van der Waals surface area contributed by atoms with Gasteiger partial charge in [0.05, 0.1) is 29.2 Å². The Labute approximate surface area is 221 Å². The second-order valence-corrected chi connectivity index (χ2v) is 10.3. The Balaban J connectivity index is 1.79. The van der Waals surface area contributed by atoms with Gasteiger partial charge in [-0.15, -0.1) is 0 Å². The summed E-state index contributed by atoms with van der Waals surface area (Å²) in [6.45, 7) is 1.97. The molecule has 7 nitrogen and oxygen atoms in total. The van der Waals surface area contributed by atoms with Crippen LogP contribution in [0.4, 0.5) is 23.4 Å². The number of nitrogens with zero attached hydrogens (tertiary/aromatic N) is 3. The fourth-order valence-electron chi connectivity index (χ4n) is 4.61. The largest absolute Gasteiger partial charge is 0.416 e. The van der Waals surface area contributed by atoms with Gasteiger partial charge in [-0.05, 0) is 49.7 Å². The van der Waals surface area contributed by atoms with Crippen molar-refractivity contribution in [2.24, 2.45) is 5.41 Å². The number of halogens is 5. The highest BCUT2D eigenvalue weighted by Crippen LogP contribution is 2.37. The zero-order valence-corrected chi connectivity index (χ0v) is 21.4. The highest BCUT2D eigenvalue weighted by Gasteiger charge is 2.40. The van der Waals surface area contributed by atoms with Gasteiger partial charge in [0.1, 0.15) is 17.3 Å². The van der Waals surface area contributed by atoms with Crippen LogP contribution >= 0.6 is 11.6 Å². The lowest BCUT2D eigenvalue weighted by Crippen LogP contribution is -2.44. The minimum Gasteiger partial charge on any atom is -0.396 e. The Morgan fingerprint density at radius 2 is 1.87 bits per heavy atom. The van der Waals surface area contributed by atoms with Crippen LogP contribution in [0.25, 0.3) is 11.1 Å². The molecule has 0 saturated carbocycles. The molecule has 1 amide bonds. The molecule has 0 fully saturated rings. The van der Waals surface area contributed by atoms with Crippen LogP contribution in [0.2, 0.25) is 5.02 Å². The summed E-state index contributed by atoms with van der Waals surface area (Å²) >= 11 is 6.40. The minimum absolute atomic E-state index is 0.00660. The molecule has 0 atom stereocenters. The molecule has 0 bridgehead atoms. The number of aliphatic hydroxyl groups excluding tert-OH is 2. The monoisotopic (exact) mass is 554 g/mol. The van der Waals surface area contributed by atoms with E-state index in [2.05, 4.69) is 10.3 Å². The van der Waals surface area contributed by atoms with Crippen molar-refractivity contribution in [3.63, 3.8) is 0 Å². The van der Waals surface area contributed by atoms with Crippen LogP contribution in [0.3, 0.4) is 0 Å². The van der Waals surface area contributed by atoms with E-state index < -0.39 is 54.2 Å². The zero-order valence-electron chi connectivity index (χ0n) is 20.7. The lowest BCUT2D eigenvalue weighted by molar-refractivity contribution is -0.138. The molecule has 3 heterocycles. The molecule has 0 spiro atoms. The number of nitrogens with one attached hydrogen (secondary N) is 1. The molecule has 1 aromatic carbocycles. The third kappa shape index (κ3) is 5.64. The van der Waals surface area contributed by atoms with Gasteiger partial charge in [0.15, 0.2) is 0 Å². The molecular formula is C26H27ClF4N4O3. The number of aromatic nitrogens is 2. The van der Waals surface area contributed by atoms with E-state index >= 15 is 0 Å². The number of hydrogen-bond acceptors (Lipinski definition) is 5. The minimum atomic E-state index is -4.77. The Bertz CT molecular complexity index is 1340. The number of rotatable bonds is 7. The van der Waals surface area contributed by atoms with Crippen LogP contribution in [0, 0.1) is 11.2 Å². The molecule has 1 aliphatic heterocycles. The number of hydrogen-bond donors (Lipinski definition) is 3. The topological polar surface area (TPSA) is 90.6 Å². The Hall–Kier alpha value is -3.15.